The largest absolute Gasteiger partial charge is 0.468 e. The number of hydrogen-bond acceptors (Lipinski definition) is 3. The zero-order chi connectivity index (χ0) is 16.9. The average molecular weight is 325 g/mol. The molecule has 0 saturated heterocycles. The monoisotopic (exact) mass is 325 g/mol. The molecule has 0 aromatic heterocycles. The molecule has 1 spiro atoms. The van der Waals surface area contributed by atoms with E-state index < -0.39 is 13.3 Å². The van der Waals surface area contributed by atoms with Gasteiger partial charge in [0.15, 0.2) is 0 Å². The maximum atomic E-state index is 12.3. The highest BCUT2D eigenvalue weighted by atomic mass is 19.1. The van der Waals surface area contributed by atoms with Gasteiger partial charge in [-0.05, 0) is 24.5 Å². The van der Waals surface area contributed by atoms with Crippen molar-refractivity contribution in [2.45, 2.75) is 24.7 Å². The fourth-order valence-electron chi connectivity index (χ4n) is 2.80. The molecule has 1 heterocycles. The standard InChI is InChI=1S/C14H15NO3.C3H6F2/c1-18-12(16)8-15-9-14(6-7-14)11-5-3-2-4-10(11)13(15)17;4-2-1-3-5/h2-5H,6-9H2,1H3;1-3H2. The van der Waals surface area contributed by atoms with Crippen LogP contribution in [-0.2, 0) is 14.9 Å². The Hall–Kier alpha value is -1.98. The molecule has 1 aromatic carbocycles. The molecule has 1 amide bonds. The molecule has 3 rings (SSSR count). The van der Waals surface area contributed by atoms with E-state index in [0.29, 0.717) is 6.54 Å². The lowest BCUT2D eigenvalue weighted by Gasteiger charge is -2.33. The van der Waals surface area contributed by atoms with Gasteiger partial charge in [0, 0.05) is 23.9 Å². The van der Waals surface area contributed by atoms with Crippen LogP contribution in [0.15, 0.2) is 24.3 Å². The predicted molar refractivity (Wildman–Crippen MR) is 81.8 cm³/mol. The van der Waals surface area contributed by atoms with Crippen LogP contribution in [0.1, 0.15) is 35.2 Å². The van der Waals surface area contributed by atoms with Crippen molar-refractivity contribution in [2.75, 3.05) is 33.5 Å². The number of carbonyl (C=O) groups is 2. The number of nitrogens with zero attached hydrogens (tertiary/aromatic N) is 1. The van der Waals surface area contributed by atoms with Gasteiger partial charge in [0.25, 0.3) is 5.91 Å². The van der Waals surface area contributed by atoms with Crippen molar-refractivity contribution in [2.24, 2.45) is 0 Å². The van der Waals surface area contributed by atoms with Gasteiger partial charge in [0.05, 0.1) is 20.5 Å². The number of rotatable bonds is 4. The Morgan fingerprint density at radius 2 is 1.91 bits per heavy atom. The highest BCUT2D eigenvalue weighted by Gasteiger charge is 2.51. The maximum Gasteiger partial charge on any atom is 0.325 e. The van der Waals surface area contributed by atoms with E-state index in [9.17, 15) is 18.4 Å². The molecule has 1 saturated carbocycles. The van der Waals surface area contributed by atoms with Crippen LogP contribution < -0.4 is 0 Å². The van der Waals surface area contributed by atoms with Crippen molar-refractivity contribution in [3.63, 3.8) is 0 Å². The Labute approximate surface area is 134 Å². The van der Waals surface area contributed by atoms with Gasteiger partial charge >= 0.3 is 5.97 Å². The van der Waals surface area contributed by atoms with Gasteiger partial charge in [-0.2, -0.15) is 0 Å². The van der Waals surface area contributed by atoms with Gasteiger partial charge in [-0.3, -0.25) is 18.4 Å². The van der Waals surface area contributed by atoms with Crippen molar-refractivity contribution < 1.29 is 23.1 Å². The van der Waals surface area contributed by atoms with E-state index in [1.165, 1.54) is 7.11 Å². The number of hydrogen-bond donors (Lipinski definition) is 0. The van der Waals surface area contributed by atoms with Crippen molar-refractivity contribution in [1.29, 1.82) is 0 Å². The first kappa shape index (κ1) is 17.4. The molecule has 1 aliphatic carbocycles. The highest BCUT2D eigenvalue weighted by Crippen LogP contribution is 2.52. The summed E-state index contributed by atoms with van der Waals surface area (Å²) >= 11 is 0. The lowest BCUT2D eigenvalue weighted by atomic mass is 9.86. The fraction of sp³-hybridized carbons (Fsp3) is 0.529. The number of alkyl halides is 2. The molecule has 2 aliphatic rings. The van der Waals surface area contributed by atoms with Gasteiger partial charge in [-0.1, -0.05) is 18.2 Å². The second-order valence-electron chi connectivity index (χ2n) is 5.79. The summed E-state index contributed by atoms with van der Waals surface area (Å²) in [4.78, 5) is 25.3. The normalized spacial score (nSPS) is 17.2. The van der Waals surface area contributed by atoms with Crippen LogP contribution in [0.4, 0.5) is 8.78 Å². The number of methoxy groups -OCH3 is 1. The third-order valence-corrected chi connectivity index (χ3v) is 4.18. The first-order valence-corrected chi connectivity index (χ1v) is 7.65. The quantitative estimate of drug-likeness (QED) is 0.800. The second-order valence-corrected chi connectivity index (χ2v) is 5.79. The van der Waals surface area contributed by atoms with Crippen LogP contribution in [0.3, 0.4) is 0 Å². The third-order valence-electron chi connectivity index (χ3n) is 4.18. The van der Waals surface area contributed by atoms with E-state index in [1.807, 2.05) is 24.3 Å². The first-order chi connectivity index (χ1) is 11.1. The summed E-state index contributed by atoms with van der Waals surface area (Å²) in [6.07, 6.45) is 2.24. The molecule has 1 aromatic rings. The Morgan fingerprint density at radius 1 is 1.26 bits per heavy atom. The van der Waals surface area contributed by atoms with E-state index in [0.717, 1.165) is 24.0 Å². The van der Waals surface area contributed by atoms with E-state index in [1.54, 1.807) is 4.90 Å². The molecule has 0 atom stereocenters. The van der Waals surface area contributed by atoms with Gasteiger partial charge in [0.1, 0.15) is 6.54 Å². The highest BCUT2D eigenvalue weighted by molar-refractivity contribution is 5.99. The van der Waals surface area contributed by atoms with Crippen LogP contribution in [-0.4, -0.2) is 50.3 Å². The zero-order valence-corrected chi connectivity index (χ0v) is 13.2. The number of carbonyl (C=O) groups excluding carboxylic acids is 2. The number of halogens is 2. The lowest BCUT2D eigenvalue weighted by Crippen LogP contribution is -2.45. The molecule has 1 fully saturated rings. The van der Waals surface area contributed by atoms with Crippen LogP contribution in [0.5, 0.6) is 0 Å². The summed E-state index contributed by atoms with van der Waals surface area (Å²) in [5, 5.41) is 0. The van der Waals surface area contributed by atoms with Crippen LogP contribution in [0, 0.1) is 0 Å². The van der Waals surface area contributed by atoms with Crippen LogP contribution in [0.2, 0.25) is 0 Å². The molecular weight excluding hydrogens is 304 g/mol. The fourth-order valence-corrected chi connectivity index (χ4v) is 2.80. The minimum atomic E-state index is -0.531. The Balaban J connectivity index is 0.000000338. The van der Waals surface area contributed by atoms with Crippen molar-refractivity contribution in [3.8, 4) is 0 Å². The van der Waals surface area contributed by atoms with Crippen molar-refractivity contribution in [3.05, 3.63) is 35.4 Å². The van der Waals surface area contributed by atoms with Crippen LogP contribution in [0.25, 0.3) is 0 Å². The topological polar surface area (TPSA) is 46.6 Å². The first-order valence-electron chi connectivity index (χ1n) is 7.65. The smallest absolute Gasteiger partial charge is 0.325 e. The molecule has 126 valence electrons. The number of amides is 1. The molecule has 0 N–H and O–H groups in total. The van der Waals surface area contributed by atoms with E-state index in [-0.39, 0.29) is 30.3 Å². The maximum absolute atomic E-state index is 12.3. The van der Waals surface area contributed by atoms with Crippen molar-refractivity contribution in [1.82, 2.24) is 4.90 Å². The lowest BCUT2D eigenvalue weighted by molar-refractivity contribution is -0.141. The SMILES string of the molecule is COC(=O)CN1CC2(CC2)c2ccccc2C1=O.FCCCF. The zero-order valence-electron chi connectivity index (χ0n) is 13.2. The molecule has 23 heavy (non-hydrogen) atoms. The molecule has 1 aliphatic heterocycles. The van der Waals surface area contributed by atoms with Gasteiger partial charge < -0.3 is 9.64 Å². The number of fused-ring (bicyclic) bond motifs is 2. The number of esters is 1. The number of ether oxygens (including phenoxy) is 1. The second kappa shape index (κ2) is 7.53. The molecule has 6 heteroatoms. The van der Waals surface area contributed by atoms with E-state index >= 15 is 0 Å². The Morgan fingerprint density at radius 3 is 2.43 bits per heavy atom. The third kappa shape index (κ3) is 3.86. The molecular formula is C17H21F2NO3. The molecule has 0 unspecified atom stereocenters. The van der Waals surface area contributed by atoms with Gasteiger partial charge in [-0.15, -0.1) is 0 Å². The summed E-state index contributed by atoms with van der Waals surface area (Å²) in [6, 6.07) is 7.73. The minimum Gasteiger partial charge on any atom is -0.468 e. The predicted octanol–water partition coefficient (Wildman–Crippen LogP) is 2.66. The van der Waals surface area contributed by atoms with Crippen LogP contribution >= 0.6 is 0 Å². The Kier molecular flexibility index (Phi) is 5.69. The molecule has 0 radical (unpaired) electrons. The summed E-state index contributed by atoms with van der Waals surface area (Å²) in [5.74, 6) is -0.424. The minimum absolute atomic E-state index is 0.0470. The summed E-state index contributed by atoms with van der Waals surface area (Å²) in [6.45, 7) is -0.379. The average Bonchev–Trinajstić information content (AvgIpc) is 3.34. The summed E-state index contributed by atoms with van der Waals surface area (Å²) in [7, 11) is 1.34. The molecule has 0 bridgehead atoms. The molecule has 4 nitrogen and oxygen atoms in total. The van der Waals surface area contributed by atoms with E-state index in [2.05, 4.69) is 4.74 Å². The van der Waals surface area contributed by atoms with Crippen molar-refractivity contribution >= 4 is 11.9 Å². The summed E-state index contributed by atoms with van der Waals surface area (Å²) < 4.78 is 26.2. The van der Waals surface area contributed by atoms with Gasteiger partial charge in [-0.25, -0.2) is 0 Å². The summed E-state index contributed by atoms with van der Waals surface area (Å²) in [5.41, 5.74) is 1.99. The van der Waals surface area contributed by atoms with E-state index in [4.69, 9.17) is 0 Å². The Bertz CT molecular complexity index is 571. The number of benzene rings is 1. The van der Waals surface area contributed by atoms with Gasteiger partial charge in [0.2, 0.25) is 0 Å².